The molecule has 0 radical (unpaired) electrons. The van der Waals surface area contributed by atoms with E-state index >= 15 is 0 Å². The van der Waals surface area contributed by atoms with E-state index in [2.05, 4.69) is 133 Å². The number of fused-ring (bicyclic) bond motifs is 3. The van der Waals surface area contributed by atoms with Crippen molar-refractivity contribution >= 4 is 0 Å². The predicted molar refractivity (Wildman–Crippen MR) is 166 cm³/mol. The van der Waals surface area contributed by atoms with Gasteiger partial charge in [0.25, 0.3) is 0 Å². The third kappa shape index (κ3) is 3.63. The Balaban J connectivity index is 1.68. The van der Waals surface area contributed by atoms with Gasteiger partial charge in [-0.3, -0.25) is 0 Å². The Morgan fingerprint density at radius 1 is 0.537 bits per heavy atom. The molecule has 0 amide bonds. The Hall–Kier alpha value is -4.30. The van der Waals surface area contributed by atoms with Gasteiger partial charge in [-0.05, 0) is 59.1 Å². The summed E-state index contributed by atoms with van der Waals surface area (Å²) in [6, 6.07) is 49.1. The number of benzene rings is 5. The van der Waals surface area contributed by atoms with Crippen LogP contribution in [0.2, 0.25) is 0 Å². The summed E-state index contributed by atoms with van der Waals surface area (Å²) in [4.78, 5) is 0. The van der Waals surface area contributed by atoms with Crippen LogP contribution in [0.5, 0.6) is 11.5 Å². The largest absolute Gasteiger partial charge is 0.496 e. The second-order valence-electron chi connectivity index (χ2n) is 11.5. The Morgan fingerprint density at radius 3 is 1.54 bits per heavy atom. The van der Waals surface area contributed by atoms with Crippen LogP contribution in [-0.4, -0.2) is 14.2 Å². The van der Waals surface area contributed by atoms with E-state index in [0.717, 1.165) is 30.8 Å². The Morgan fingerprint density at radius 2 is 1.00 bits per heavy atom. The molecule has 0 heterocycles. The first-order valence-corrected chi connectivity index (χ1v) is 14.7. The van der Waals surface area contributed by atoms with Crippen molar-refractivity contribution in [1.29, 1.82) is 0 Å². The molecule has 2 nitrogen and oxygen atoms in total. The third-order valence-electron chi connectivity index (χ3n) is 9.90. The smallest absolute Gasteiger partial charge is 0.122 e. The SMILES string of the molecule is COc1ccccc1C1(c2ccccc2OC)CCCC2c3ccccc3C(c3ccccc3)(c3ccccc3)[C@H]21. The van der Waals surface area contributed by atoms with Gasteiger partial charge in [0.1, 0.15) is 11.5 Å². The van der Waals surface area contributed by atoms with E-state index in [1.807, 2.05) is 0 Å². The molecule has 2 aliphatic carbocycles. The van der Waals surface area contributed by atoms with E-state index in [1.165, 1.54) is 33.4 Å². The van der Waals surface area contributed by atoms with Gasteiger partial charge in [0.15, 0.2) is 0 Å². The lowest BCUT2D eigenvalue weighted by molar-refractivity contribution is 0.151. The zero-order valence-electron chi connectivity index (χ0n) is 23.8. The summed E-state index contributed by atoms with van der Waals surface area (Å²) >= 11 is 0. The quantitative estimate of drug-likeness (QED) is 0.216. The molecule has 2 aliphatic rings. The molecule has 204 valence electrons. The van der Waals surface area contributed by atoms with Gasteiger partial charge in [-0.25, -0.2) is 0 Å². The fourth-order valence-electron chi connectivity index (χ4n) is 8.63. The lowest BCUT2D eigenvalue weighted by atomic mass is 9.47. The van der Waals surface area contributed by atoms with Crippen LogP contribution in [0.3, 0.4) is 0 Å². The summed E-state index contributed by atoms with van der Waals surface area (Å²) in [5.74, 6) is 2.41. The highest BCUT2D eigenvalue weighted by Crippen LogP contribution is 2.70. The van der Waals surface area contributed by atoms with Crippen LogP contribution in [0.1, 0.15) is 58.6 Å². The molecule has 0 aliphatic heterocycles. The van der Waals surface area contributed by atoms with Crippen molar-refractivity contribution in [3.8, 4) is 11.5 Å². The maximum absolute atomic E-state index is 6.18. The van der Waals surface area contributed by atoms with Crippen LogP contribution in [-0.2, 0) is 10.8 Å². The summed E-state index contributed by atoms with van der Waals surface area (Å²) < 4.78 is 12.4. The molecule has 41 heavy (non-hydrogen) atoms. The number of rotatable bonds is 6. The van der Waals surface area contributed by atoms with E-state index in [1.54, 1.807) is 14.2 Å². The van der Waals surface area contributed by atoms with Crippen LogP contribution < -0.4 is 9.47 Å². The molecule has 0 N–H and O–H groups in total. The highest BCUT2D eigenvalue weighted by Gasteiger charge is 2.64. The number of methoxy groups -OCH3 is 2. The molecule has 0 bridgehead atoms. The number of ether oxygens (including phenoxy) is 2. The average Bonchev–Trinajstić information content (AvgIpc) is 3.37. The lowest BCUT2D eigenvalue weighted by Gasteiger charge is -2.54. The number of para-hydroxylation sites is 2. The molecule has 0 saturated heterocycles. The molecule has 2 atom stereocenters. The fraction of sp³-hybridized carbons (Fsp3) is 0.231. The molecular formula is C39H36O2. The molecule has 5 aromatic rings. The third-order valence-corrected chi connectivity index (χ3v) is 9.90. The minimum atomic E-state index is -0.383. The zero-order chi connectivity index (χ0) is 27.9. The van der Waals surface area contributed by atoms with Crippen LogP contribution in [0, 0.1) is 5.92 Å². The molecule has 2 heteroatoms. The van der Waals surface area contributed by atoms with Gasteiger partial charge in [-0.2, -0.15) is 0 Å². The maximum atomic E-state index is 6.18. The standard InChI is InChI=1S/C39H36O2/c1-40-35-25-13-11-23-33(35)38(34-24-12-14-26-36(34)41-2)27-15-21-31-30-20-9-10-22-32(30)39(37(31)38,28-16-5-3-6-17-28)29-18-7-4-8-19-29/h3-14,16-20,22-26,31,37H,15,21,27H2,1-2H3/t31?,37-/m1/s1. The predicted octanol–water partition coefficient (Wildman–Crippen LogP) is 8.92. The Labute approximate surface area is 243 Å². The van der Waals surface area contributed by atoms with Gasteiger partial charge in [0, 0.05) is 22.0 Å². The van der Waals surface area contributed by atoms with Crippen molar-refractivity contribution in [3.63, 3.8) is 0 Å². The zero-order valence-corrected chi connectivity index (χ0v) is 23.8. The van der Waals surface area contributed by atoms with Crippen LogP contribution in [0.15, 0.2) is 133 Å². The molecule has 1 unspecified atom stereocenters. The second-order valence-corrected chi connectivity index (χ2v) is 11.5. The Bertz CT molecular complexity index is 1570. The molecule has 0 spiro atoms. The van der Waals surface area contributed by atoms with Gasteiger partial charge in [-0.15, -0.1) is 0 Å². The second kappa shape index (κ2) is 10.3. The minimum absolute atomic E-state index is 0.179. The van der Waals surface area contributed by atoms with Crippen LogP contribution >= 0.6 is 0 Å². The van der Waals surface area contributed by atoms with Crippen molar-refractivity contribution in [2.75, 3.05) is 14.2 Å². The van der Waals surface area contributed by atoms with Gasteiger partial charge >= 0.3 is 0 Å². The minimum Gasteiger partial charge on any atom is -0.496 e. The molecule has 0 aromatic heterocycles. The molecular weight excluding hydrogens is 500 g/mol. The first-order valence-electron chi connectivity index (χ1n) is 14.7. The van der Waals surface area contributed by atoms with Crippen molar-refractivity contribution in [2.24, 2.45) is 5.92 Å². The van der Waals surface area contributed by atoms with E-state index < -0.39 is 0 Å². The lowest BCUT2D eigenvalue weighted by Crippen LogP contribution is -2.51. The molecule has 1 fully saturated rings. The van der Waals surface area contributed by atoms with Crippen molar-refractivity contribution < 1.29 is 9.47 Å². The average molecular weight is 537 g/mol. The summed E-state index contributed by atoms with van der Waals surface area (Å²) in [5, 5.41) is 0. The van der Waals surface area contributed by atoms with Crippen LogP contribution in [0.25, 0.3) is 0 Å². The monoisotopic (exact) mass is 536 g/mol. The summed E-state index contributed by atoms with van der Waals surface area (Å²) in [6.07, 6.45) is 3.27. The van der Waals surface area contributed by atoms with Crippen molar-refractivity contribution in [2.45, 2.75) is 36.0 Å². The van der Waals surface area contributed by atoms with E-state index in [0.29, 0.717) is 5.92 Å². The fourth-order valence-corrected chi connectivity index (χ4v) is 8.63. The molecule has 5 aromatic carbocycles. The maximum Gasteiger partial charge on any atom is 0.122 e. The summed E-state index contributed by atoms with van der Waals surface area (Å²) in [7, 11) is 3.61. The topological polar surface area (TPSA) is 18.5 Å². The molecule has 1 saturated carbocycles. The van der Waals surface area contributed by atoms with Crippen molar-refractivity contribution in [3.05, 3.63) is 167 Å². The number of hydrogen-bond donors (Lipinski definition) is 0. The highest BCUT2D eigenvalue weighted by atomic mass is 16.5. The first kappa shape index (κ1) is 25.7. The normalized spacial score (nSPS) is 20.0. The number of hydrogen-bond acceptors (Lipinski definition) is 2. The Kier molecular flexibility index (Phi) is 6.43. The van der Waals surface area contributed by atoms with Gasteiger partial charge < -0.3 is 9.47 Å². The highest BCUT2D eigenvalue weighted by molar-refractivity contribution is 5.65. The van der Waals surface area contributed by atoms with Gasteiger partial charge in [-0.1, -0.05) is 128 Å². The first-order chi connectivity index (χ1) is 20.3. The van der Waals surface area contributed by atoms with E-state index in [9.17, 15) is 0 Å². The molecule has 7 rings (SSSR count). The van der Waals surface area contributed by atoms with E-state index in [4.69, 9.17) is 9.47 Å². The summed E-state index contributed by atoms with van der Waals surface area (Å²) in [6.45, 7) is 0. The van der Waals surface area contributed by atoms with Crippen LogP contribution in [0.4, 0.5) is 0 Å². The summed E-state index contributed by atoms with van der Waals surface area (Å²) in [5.41, 5.74) is 7.28. The van der Waals surface area contributed by atoms with Crippen molar-refractivity contribution in [1.82, 2.24) is 0 Å². The van der Waals surface area contributed by atoms with E-state index in [-0.39, 0.29) is 16.7 Å². The van der Waals surface area contributed by atoms with Gasteiger partial charge in [0.2, 0.25) is 0 Å². The van der Waals surface area contributed by atoms with Gasteiger partial charge in [0.05, 0.1) is 14.2 Å².